The Morgan fingerprint density at radius 1 is 1.22 bits per heavy atom. The molecule has 0 atom stereocenters. The second-order valence-electron chi connectivity index (χ2n) is 4.20. The lowest BCUT2D eigenvalue weighted by Crippen LogP contribution is -2.41. The highest BCUT2D eigenvalue weighted by Gasteiger charge is 2.07. The lowest BCUT2D eigenvalue weighted by Gasteiger charge is -2.13. The fraction of sp³-hybridized carbons (Fsp3) is 0.385. The first-order chi connectivity index (χ1) is 8.54. The Morgan fingerprint density at radius 2 is 1.94 bits per heavy atom. The van der Waals surface area contributed by atoms with Gasteiger partial charge in [0.05, 0.1) is 0 Å². The van der Waals surface area contributed by atoms with Crippen LogP contribution in [0.3, 0.4) is 0 Å². The molecule has 1 aromatic rings. The summed E-state index contributed by atoms with van der Waals surface area (Å²) in [5, 5.41) is 0. The van der Waals surface area contributed by atoms with E-state index in [1.165, 1.54) is 0 Å². The maximum absolute atomic E-state index is 11.8. The summed E-state index contributed by atoms with van der Waals surface area (Å²) < 4.78 is 0. The molecule has 0 saturated heterocycles. The maximum Gasteiger partial charge on any atom is 0.269 e. The Morgan fingerprint density at radius 3 is 2.56 bits per heavy atom. The van der Waals surface area contributed by atoms with Crippen LogP contribution in [0, 0.1) is 0 Å². The van der Waals surface area contributed by atoms with Crippen molar-refractivity contribution in [3.63, 3.8) is 0 Å². The summed E-state index contributed by atoms with van der Waals surface area (Å²) >= 11 is 0. The fourth-order valence-electron chi connectivity index (χ4n) is 1.41. The van der Waals surface area contributed by atoms with Gasteiger partial charge in [-0.15, -0.1) is 0 Å². The standard InChI is InChI=1S/C13H19N3O2/c1-4-6-12(17)14-15-13(18)10-7-5-8-11(9-10)16(2)3/h5,7-9H,4,6H2,1-3H3,(H,14,17)(H,15,18). The maximum atomic E-state index is 11.8. The quantitative estimate of drug-likeness (QED) is 0.791. The van der Waals surface area contributed by atoms with Crippen molar-refractivity contribution in [3.8, 4) is 0 Å². The van der Waals surface area contributed by atoms with E-state index in [9.17, 15) is 9.59 Å². The smallest absolute Gasteiger partial charge is 0.269 e. The largest absolute Gasteiger partial charge is 0.378 e. The number of carbonyl (C=O) groups is 2. The van der Waals surface area contributed by atoms with Gasteiger partial charge in [-0.3, -0.25) is 20.4 Å². The van der Waals surface area contributed by atoms with E-state index < -0.39 is 0 Å². The van der Waals surface area contributed by atoms with Crippen LogP contribution in [0.15, 0.2) is 24.3 Å². The van der Waals surface area contributed by atoms with Crippen LogP contribution in [0.4, 0.5) is 5.69 Å². The number of rotatable bonds is 4. The Bertz CT molecular complexity index is 430. The molecule has 0 aromatic heterocycles. The van der Waals surface area contributed by atoms with Crippen molar-refractivity contribution < 1.29 is 9.59 Å². The first kappa shape index (κ1) is 14.0. The number of hydrogen-bond donors (Lipinski definition) is 2. The van der Waals surface area contributed by atoms with Gasteiger partial charge in [-0.05, 0) is 24.6 Å². The molecule has 0 aliphatic heterocycles. The van der Waals surface area contributed by atoms with Gasteiger partial charge in [-0.1, -0.05) is 13.0 Å². The van der Waals surface area contributed by atoms with E-state index in [0.717, 1.165) is 12.1 Å². The van der Waals surface area contributed by atoms with E-state index >= 15 is 0 Å². The molecule has 2 amide bonds. The van der Waals surface area contributed by atoms with Crippen LogP contribution in [0.25, 0.3) is 0 Å². The summed E-state index contributed by atoms with van der Waals surface area (Å²) in [4.78, 5) is 24.9. The molecule has 2 N–H and O–H groups in total. The van der Waals surface area contributed by atoms with Crippen molar-refractivity contribution >= 4 is 17.5 Å². The molecule has 18 heavy (non-hydrogen) atoms. The summed E-state index contributed by atoms with van der Waals surface area (Å²) in [5.74, 6) is -0.502. The van der Waals surface area contributed by atoms with E-state index in [2.05, 4.69) is 10.9 Å². The summed E-state index contributed by atoms with van der Waals surface area (Å²) in [5.41, 5.74) is 6.22. The Hall–Kier alpha value is -2.04. The van der Waals surface area contributed by atoms with Gasteiger partial charge in [0.15, 0.2) is 0 Å². The highest BCUT2D eigenvalue weighted by molar-refractivity contribution is 5.96. The summed E-state index contributed by atoms with van der Waals surface area (Å²) in [6, 6.07) is 7.18. The molecule has 0 radical (unpaired) electrons. The van der Waals surface area contributed by atoms with Gasteiger partial charge in [0, 0.05) is 31.8 Å². The molecule has 0 fully saturated rings. The lowest BCUT2D eigenvalue weighted by molar-refractivity contribution is -0.121. The zero-order chi connectivity index (χ0) is 13.5. The first-order valence-electron chi connectivity index (χ1n) is 5.91. The molecule has 0 heterocycles. The van der Waals surface area contributed by atoms with Crippen molar-refractivity contribution in [1.82, 2.24) is 10.9 Å². The van der Waals surface area contributed by atoms with E-state index in [1.807, 2.05) is 32.0 Å². The minimum absolute atomic E-state index is 0.186. The Labute approximate surface area is 107 Å². The lowest BCUT2D eigenvalue weighted by atomic mass is 10.2. The number of anilines is 1. The van der Waals surface area contributed by atoms with Gasteiger partial charge in [0.25, 0.3) is 5.91 Å². The highest BCUT2D eigenvalue weighted by Crippen LogP contribution is 2.12. The molecule has 0 unspecified atom stereocenters. The van der Waals surface area contributed by atoms with Crippen molar-refractivity contribution in [1.29, 1.82) is 0 Å². The summed E-state index contributed by atoms with van der Waals surface area (Å²) in [7, 11) is 3.81. The van der Waals surface area contributed by atoms with Crippen LogP contribution in [-0.2, 0) is 4.79 Å². The van der Waals surface area contributed by atoms with Gasteiger partial charge in [0.2, 0.25) is 5.91 Å². The van der Waals surface area contributed by atoms with E-state index in [-0.39, 0.29) is 11.8 Å². The minimum Gasteiger partial charge on any atom is -0.378 e. The Balaban J connectivity index is 2.61. The molecule has 0 aliphatic carbocycles. The van der Waals surface area contributed by atoms with Crippen molar-refractivity contribution in [2.24, 2.45) is 0 Å². The number of nitrogens with zero attached hydrogens (tertiary/aromatic N) is 1. The number of amides is 2. The molecule has 0 spiro atoms. The van der Waals surface area contributed by atoms with Crippen molar-refractivity contribution in [3.05, 3.63) is 29.8 Å². The minimum atomic E-state index is -0.317. The topological polar surface area (TPSA) is 61.4 Å². The second kappa shape index (κ2) is 6.64. The molecule has 98 valence electrons. The third-order valence-electron chi connectivity index (χ3n) is 2.42. The number of nitrogens with one attached hydrogen (secondary N) is 2. The number of hydrazine groups is 1. The van der Waals surface area contributed by atoms with Crippen molar-refractivity contribution in [2.75, 3.05) is 19.0 Å². The molecular weight excluding hydrogens is 230 g/mol. The Kier molecular flexibility index (Phi) is 5.17. The van der Waals surface area contributed by atoms with Crippen LogP contribution in [-0.4, -0.2) is 25.9 Å². The normalized spacial score (nSPS) is 9.72. The highest BCUT2D eigenvalue weighted by atomic mass is 16.2. The number of benzene rings is 1. The third-order valence-corrected chi connectivity index (χ3v) is 2.42. The third kappa shape index (κ3) is 4.08. The van der Waals surface area contributed by atoms with Crippen LogP contribution < -0.4 is 15.8 Å². The monoisotopic (exact) mass is 249 g/mol. The number of carbonyl (C=O) groups excluding carboxylic acids is 2. The molecule has 0 bridgehead atoms. The van der Waals surface area contributed by atoms with Gasteiger partial charge in [0.1, 0.15) is 0 Å². The average Bonchev–Trinajstić information content (AvgIpc) is 2.36. The van der Waals surface area contributed by atoms with Gasteiger partial charge >= 0.3 is 0 Å². The van der Waals surface area contributed by atoms with E-state index in [0.29, 0.717) is 12.0 Å². The van der Waals surface area contributed by atoms with Crippen LogP contribution in [0.2, 0.25) is 0 Å². The van der Waals surface area contributed by atoms with Crippen LogP contribution >= 0.6 is 0 Å². The van der Waals surface area contributed by atoms with Gasteiger partial charge in [-0.2, -0.15) is 0 Å². The van der Waals surface area contributed by atoms with E-state index in [4.69, 9.17) is 0 Å². The van der Waals surface area contributed by atoms with Crippen molar-refractivity contribution in [2.45, 2.75) is 19.8 Å². The number of hydrogen-bond acceptors (Lipinski definition) is 3. The zero-order valence-electron chi connectivity index (χ0n) is 11.0. The molecule has 0 aliphatic rings. The summed E-state index contributed by atoms with van der Waals surface area (Å²) in [6.45, 7) is 1.90. The molecule has 1 aromatic carbocycles. The average molecular weight is 249 g/mol. The zero-order valence-corrected chi connectivity index (χ0v) is 11.0. The molecule has 5 heteroatoms. The van der Waals surface area contributed by atoms with E-state index in [1.54, 1.807) is 18.2 Å². The predicted octanol–water partition coefficient (Wildman–Crippen LogP) is 1.31. The fourth-order valence-corrected chi connectivity index (χ4v) is 1.41. The summed E-state index contributed by atoms with van der Waals surface area (Å²) in [6.07, 6.45) is 1.15. The first-order valence-corrected chi connectivity index (χ1v) is 5.91. The van der Waals surface area contributed by atoms with Crippen LogP contribution in [0.1, 0.15) is 30.1 Å². The predicted molar refractivity (Wildman–Crippen MR) is 71.3 cm³/mol. The van der Waals surface area contributed by atoms with Gasteiger partial charge in [-0.25, -0.2) is 0 Å². The second-order valence-corrected chi connectivity index (χ2v) is 4.20. The van der Waals surface area contributed by atoms with Crippen LogP contribution in [0.5, 0.6) is 0 Å². The SMILES string of the molecule is CCCC(=O)NNC(=O)c1cccc(N(C)C)c1. The molecule has 5 nitrogen and oxygen atoms in total. The molecule has 1 rings (SSSR count). The molecular formula is C13H19N3O2. The van der Waals surface area contributed by atoms with Gasteiger partial charge < -0.3 is 4.90 Å². The molecule has 0 saturated carbocycles.